The zero-order valence-electron chi connectivity index (χ0n) is 14.4. The Labute approximate surface area is 143 Å². The number of carbonyl (C=O) groups excluding carboxylic acids is 1. The highest BCUT2D eigenvalue weighted by Crippen LogP contribution is 2.34. The zero-order valence-corrected chi connectivity index (χ0v) is 14.4. The first-order valence-electron chi connectivity index (χ1n) is 9.17. The van der Waals surface area contributed by atoms with Crippen molar-refractivity contribution in [1.29, 1.82) is 0 Å². The van der Waals surface area contributed by atoms with Crippen LogP contribution in [0.2, 0.25) is 0 Å². The maximum Gasteiger partial charge on any atom is 0.335 e. The molecule has 1 aromatic carbocycles. The highest BCUT2D eigenvalue weighted by molar-refractivity contribution is 5.89. The fraction of sp³-hybridized carbons (Fsp3) is 0.600. The number of benzene rings is 1. The van der Waals surface area contributed by atoms with Crippen molar-refractivity contribution in [3.05, 3.63) is 35.4 Å². The van der Waals surface area contributed by atoms with E-state index in [2.05, 4.69) is 6.92 Å². The zero-order chi connectivity index (χ0) is 17.1. The van der Waals surface area contributed by atoms with E-state index in [0.29, 0.717) is 17.4 Å². The summed E-state index contributed by atoms with van der Waals surface area (Å²) in [6, 6.07) is 7.28. The minimum atomic E-state index is -0.861. The lowest BCUT2D eigenvalue weighted by molar-refractivity contribution is -0.138. The molecule has 1 saturated heterocycles. The summed E-state index contributed by atoms with van der Waals surface area (Å²) in [4.78, 5) is 26.2. The van der Waals surface area contributed by atoms with Gasteiger partial charge in [-0.2, -0.15) is 0 Å². The van der Waals surface area contributed by atoms with Gasteiger partial charge in [0, 0.05) is 19.0 Å². The minimum Gasteiger partial charge on any atom is -0.478 e. The molecule has 24 heavy (non-hydrogen) atoms. The van der Waals surface area contributed by atoms with Gasteiger partial charge in [-0.15, -0.1) is 0 Å². The van der Waals surface area contributed by atoms with Gasteiger partial charge >= 0.3 is 5.97 Å². The van der Waals surface area contributed by atoms with Crippen molar-refractivity contribution in [2.45, 2.75) is 51.4 Å². The normalized spacial score (nSPS) is 25.5. The molecule has 0 aromatic heterocycles. The third-order valence-electron chi connectivity index (χ3n) is 5.72. The number of aromatic carboxylic acids is 1. The average Bonchev–Trinajstić information content (AvgIpc) is 2.61. The van der Waals surface area contributed by atoms with Crippen LogP contribution in [-0.2, 0) is 4.79 Å². The largest absolute Gasteiger partial charge is 0.478 e. The van der Waals surface area contributed by atoms with Crippen LogP contribution in [0.3, 0.4) is 0 Å². The van der Waals surface area contributed by atoms with Crippen molar-refractivity contribution in [2.24, 2.45) is 11.8 Å². The van der Waals surface area contributed by atoms with Crippen LogP contribution in [0.25, 0.3) is 0 Å². The van der Waals surface area contributed by atoms with Crippen LogP contribution in [-0.4, -0.2) is 35.0 Å². The maximum absolute atomic E-state index is 12.7. The second-order valence-electron chi connectivity index (χ2n) is 7.46. The van der Waals surface area contributed by atoms with E-state index in [1.807, 2.05) is 17.0 Å². The number of amides is 1. The van der Waals surface area contributed by atoms with Gasteiger partial charge in [-0.25, -0.2) is 4.79 Å². The molecule has 130 valence electrons. The quantitative estimate of drug-likeness (QED) is 0.914. The second-order valence-corrected chi connectivity index (χ2v) is 7.46. The van der Waals surface area contributed by atoms with Crippen molar-refractivity contribution in [1.82, 2.24) is 4.90 Å². The van der Waals surface area contributed by atoms with Crippen molar-refractivity contribution < 1.29 is 14.7 Å². The smallest absolute Gasteiger partial charge is 0.335 e. The van der Waals surface area contributed by atoms with Crippen molar-refractivity contribution in [3.8, 4) is 0 Å². The summed E-state index contributed by atoms with van der Waals surface area (Å²) < 4.78 is 0. The highest BCUT2D eigenvalue weighted by Gasteiger charge is 2.32. The van der Waals surface area contributed by atoms with Crippen LogP contribution in [0.4, 0.5) is 0 Å². The fourth-order valence-corrected chi connectivity index (χ4v) is 4.38. The fourth-order valence-electron chi connectivity index (χ4n) is 4.38. The number of rotatable bonds is 3. The molecule has 2 unspecified atom stereocenters. The summed E-state index contributed by atoms with van der Waals surface area (Å²) in [5.74, 6) is 0.572. The van der Waals surface area contributed by atoms with Gasteiger partial charge in [-0.05, 0) is 49.1 Å². The van der Waals surface area contributed by atoms with Crippen molar-refractivity contribution >= 4 is 11.9 Å². The monoisotopic (exact) mass is 329 g/mol. The number of hydrogen-bond donors (Lipinski definition) is 1. The lowest BCUT2D eigenvalue weighted by Gasteiger charge is -2.36. The average molecular weight is 329 g/mol. The second kappa shape index (κ2) is 7.37. The van der Waals surface area contributed by atoms with Crippen LogP contribution in [0.1, 0.15) is 67.3 Å². The molecule has 1 aliphatic heterocycles. The number of carboxylic acid groups (broad SMARTS) is 1. The summed E-state index contributed by atoms with van der Waals surface area (Å²) in [6.45, 7) is 3.75. The standard InChI is InChI=1S/C20H27NO3/c1-14-5-4-6-16(13-14)19(22)21-11-9-15(10-12-21)17-7-2-3-8-18(17)20(23)24/h2-3,7-8,14-16H,4-6,9-13H2,1H3,(H,23,24). The van der Waals surface area contributed by atoms with Gasteiger partial charge in [0.15, 0.2) is 0 Å². The van der Waals surface area contributed by atoms with Gasteiger partial charge < -0.3 is 10.0 Å². The first kappa shape index (κ1) is 17.0. The molecular formula is C20H27NO3. The molecule has 4 nitrogen and oxygen atoms in total. The Kier molecular flexibility index (Phi) is 5.22. The molecule has 2 fully saturated rings. The Hall–Kier alpha value is -1.84. The molecule has 1 aliphatic carbocycles. The Morgan fingerprint density at radius 2 is 1.79 bits per heavy atom. The number of nitrogens with zero attached hydrogens (tertiary/aromatic N) is 1. The van der Waals surface area contributed by atoms with Gasteiger partial charge in [0.05, 0.1) is 5.56 Å². The van der Waals surface area contributed by atoms with E-state index in [-0.39, 0.29) is 11.8 Å². The molecular weight excluding hydrogens is 302 g/mol. The molecule has 1 N–H and O–H groups in total. The topological polar surface area (TPSA) is 57.6 Å². The summed E-state index contributed by atoms with van der Waals surface area (Å²) in [6.07, 6.45) is 6.19. The lowest BCUT2D eigenvalue weighted by atomic mass is 9.81. The molecule has 3 rings (SSSR count). The lowest BCUT2D eigenvalue weighted by Crippen LogP contribution is -2.42. The van der Waals surface area contributed by atoms with E-state index in [1.165, 1.54) is 12.8 Å². The number of carboxylic acids is 1. The predicted molar refractivity (Wildman–Crippen MR) is 93.1 cm³/mol. The number of likely N-dealkylation sites (tertiary alicyclic amines) is 1. The van der Waals surface area contributed by atoms with E-state index in [4.69, 9.17) is 0 Å². The van der Waals surface area contributed by atoms with E-state index in [1.54, 1.807) is 12.1 Å². The number of piperidine rings is 1. The molecule has 1 heterocycles. The molecule has 1 saturated carbocycles. The molecule has 0 radical (unpaired) electrons. The van der Waals surface area contributed by atoms with Gasteiger partial charge in [0.25, 0.3) is 0 Å². The van der Waals surface area contributed by atoms with Crippen LogP contribution in [0.15, 0.2) is 24.3 Å². The van der Waals surface area contributed by atoms with Crippen LogP contribution in [0.5, 0.6) is 0 Å². The van der Waals surface area contributed by atoms with Crippen LogP contribution < -0.4 is 0 Å². The summed E-state index contributed by atoms with van der Waals surface area (Å²) in [7, 11) is 0. The number of hydrogen-bond acceptors (Lipinski definition) is 2. The number of carbonyl (C=O) groups is 2. The Bertz CT molecular complexity index is 605. The van der Waals surface area contributed by atoms with Gasteiger partial charge in [0.2, 0.25) is 5.91 Å². The molecule has 4 heteroatoms. The van der Waals surface area contributed by atoms with Crippen molar-refractivity contribution in [3.63, 3.8) is 0 Å². The first-order valence-corrected chi connectivity index (χ1v) is 9.17. The molecule has 2 atom stereocenters. The summed E-state index contributed by atoms with van der Waals surface area (Å²) in [5, 5.41) is 9.37. The Morgan fingerprint density at radius 1 is 1.08 bits per heavy atom. The summed E-state index contributed by atoms with van der Waals surface area (Å²) >= 11 is 0. The molecule has 2 aliphatic rings. The molecule has 0 bridgehead atoms. The first-order chi connectivity index (χ1) is 11.6. The van der Waals surface area contributed by atoms with E-state index >= 15 is 0 Å². The third kappa shape index (κ3) is 3.63. The summed E-state index contributed by atoms with van der Waals surface area (Å²) in [5.41, 5.74) is 1.33. The molecule has 1 amide bonds. The predicted octanol–water partition coefficient (Wildman–Crippen LogP) is 3.92. The van der Waals surface area contributed by atoms with Gasteiger partial charge in [-0.1, -0.05) is 38.0 Å². The molecule has 1 aromatic rings. The highest BCUT2D eigenvalue weighted by atomic mass is 16.4. The van der Waals surface area contributed by atoms with E-state index in [0.717, 1.165) is 44.3 Å². The molecule has 0 spiro atoms. The van der Waals surface area contributed by atoms with Gasteiger partial charge in [-0.3, -0.25) is 4.79 Å². The minimum absolute atomic E-state index is 0.205. The van der Waals surface area contributed by atoms with Gasteiger partial charge in [0.1, 0.15) is 0 Å². The van der Waals surface area contributed by atoms with Crippen LogP contribution >= 0.6 is 0 Å². The van der Waals surface area contributed by atoms with Crippen LogP contribution in [0, 0.1) is 11.8 Å². The maximum atomic E-state index is 12.7. The third-order valence-corrected chi connectivity index (χ3v) is 5.72. The van der Waals surface area contributed by atoms with E-state index < -0.39 is 5.97 Å². The van der Waals surface area contributed by atoms with E-state index in [9.17, 15) is 14.7 Å². The van der Waals surface area contributed by atoms with Crippen molar-refractivity contribution in [2.75, 3.05) is 13.1 Å². The SMILES string of the molecule is CC1CCCC(C(=O)N2CCC(c3ccccc3C(=O)O)CC2)C1. The Balaban J connectivity index is 1.62. The Morgan fingerprint density at radius 3 is 2.46 bits per heavy atom.